The molecule has 0 bridgehead atoms. The van der Waals surface area contributed by atoms with Crippen molar-refractivity contribution < 1.29 is 0 Å². The van der Waals surface area contributed by atoms with E-state index in [1.54, 1.807) is 11.3 Å². The first-order valence-electron chi connectivity index (χ1n) is 5.43. The molecule has 3 rings (SSSR count). The molecule has 1 fully saturated rings. The summed E-state index contributed by atoms with van der Waals surface area (Å²) in [5, 5.41) is 3.56. The van der Waals surface area contributed by atoms with Crippen LogP contribution in [0.5, 0.6) is 0 Å². The van der Waals surface area contributed by atoms with Gasteiger partial charge in [-0.2, -0.15) is 0 Å². The monoisotopic (exact) mass is 218 g/mol. The van der Waals surface area contributed by atoms with Crippen molar-refractivity contribution in [1.82, 2.24) is 4.98 Å². The lowest BCUT2D eigenvalue weighted by Crippen LogP contribution is -2.16. The molecule has 0 aliphatic heterocycles. The SMILES string of the molecule is CC(Nc1ccc2ncsc2c1)C1CC1. The fraction of sp³-hybridized carbons (Fsp3) is 0.417. The number of thiazole rings is 1. The van der Waals surface area contributed by atoms with Crippen molar-refractivity contribution in [3.63, 3.8) is 0 Å². The number of benzene rings is 1. The van der Waals surface area contributed by atoms with E-state index in [1.807, 2.05) is 5.51 Å². The molecule has 1 saturated carbocycles. The molecule has 1 aromatic carbocycles. The second kappa shape index (κ2) is 3.49. The third-order valence-electron chi connectivity index (χ3n) is 3.05. The number of rotatable bonds is 3. The lowest BCUT2D eigenvalue weighted by molar-refractivity contribution is 0.694. The third kappa shape index (κ3) is 1.84. The molecule has 1 aliphatic rings. The van der Waals surface area contributed by atoms with Crippen molar-refractivity contribution in [3.05, 3.63) is 23.7 Å². The molecule has 0 saturated heterocycles. The number of hydrogen-bond donors (Lipinski definition) is 1. The first kappa shape index (κ1) is 9.16. The van der Waals surface area contributed by atoms with Crippen molar-refractivity contribution in [2.45, 2.75) is 25.8 Å². The zero-order chi connectivity index (χ0) is 10.3. The van der Waals surface area contributed by atoms with E-state index in [0.717, 1.165) is 11.4 Å². The lowest BCUT2D eigenvalue weighted by atomic mass is 10.2. The van der Waals surface area contributed by atoms with Crippen LogP contribution in [0.25, 0.3) is 10.2 Å². The number of aromatic nitrogens is 1. The Balaban J connectivity index is 1.83. The molecule has 1 aliphatic carbocycles. The quantitative estimate of drug-likeness (QED) is 0.852. The van der Waals surface area contributed by atoms with Crippen LogP contribution in [0.1, 0.15) is 19.8 Å². The molecule has 3 heteroatoms. The van der Waals surface area contributed by atoms with Crippen LogP contribution >= 0.6 is 11.3 Å². The summed E-state index contributed by atoms with van der Waals surface area (Å²) >= 11 is 1.70. The van der Waals surface area contributed by atoms with Crippen molar-refractivity contribution in [3.8, 4) is 0 Å². The average Bonchev–Trinajstić information content (AvgIpc) is 2.98. The topological polar surface area (TPSA) is 24.9 Å². The van der Waals surface area contributed by atoms with Gasteiger partial charge in [-0.15, -0.1) is 11.3 Å². The van der Waals surface area contributed by atoms with E-state index in [9.17, 15) is 0 Å². The Bertz CT molecular complexity index is 473. The van der Waals surface area contributed by atoms with Gasteiger partial charge in [0.1, 0.15) is 0 Å². The Morgan fingerprint density at radius 2 is 2.33 bits per heavy atom. The largest absolute Gasteiger partial charge is 0.382 e. The summed E-state index contributed by atoms with van der Waals surface area (Å²) < 4.78 is 1.27. The van der Waals surface area contributed by atoms with Crippen molar-refractivity contribution >= 4 is 27.2 Å². The van der Waals surface area contributed by atoms with Crippen LogP contribution in [0.2, 0.25) is 0 Å². The lowest BCUT2D eigenvalue weighted by Gasteiger charge is -2.13. The van der Waals surface area contributed by atoms with E-state index in [2.05, 4.69) is 35.4 Å². The Hall–Kier alpha value is -1.09. The number of nitrogens with one attached hydrogen (secondary N) is 1. The van der Waals surface area contributed by atoms with Crippen LogP contribution in [0, 0.1) is 5.92 Å². The zero-order valence-electron chi connectivity index (χ0n) is 8.73. The minimum Gasteiger partial charge on any atom is -0.382 e. The van der Waals surface area contributed by atoms with Gasteiger partial charge in [0.05, 0.1) is 15.7 Å². The molecule has 0 radical (unpaired) electrons. The molecule has 1 unspecified atom stereocenters. The van der Waals surface area contributed by atoms with Crippen LogP contribution in [0.4, 0.5) is 5.69 Å². The maximum atomic E-state index is 4.28. The van der Waals surface area contributed by atoms with Crippen LogP contribution in [0.3, 0.4) is 0 Å². The third-order valence-corrected chi connectivity index (χ3v) is 3.85. The van der Waals surface area contributed by atoms with Crippen molar-refractivity contribution in [2.75, 3.05) is 5.32 Å². The van der Waals surface area contributed by atoms with Crippen LogP contribution in [-0.2, 0) is 0 Å². The summed E-state index contributed by atoms with van der Waals surface area (Å²) in [7, 11) is 0. The highest BCUT2D eigenvalue weighted by Gasteiger charge is 2.27. The fourth-order valence-corrected chi connectivity index (χ4v) is 2.64. The predicted octanol–water partition coefficient (Wildman–Crippen LogP) is 3.51. The maximum Gasteiger partial charge on any atom is 0.0813 e. The normalized spacial score (nSPS) is 17.9. The van der Waals surface area contributed by atoms with E-state index in [0.29, 0.717) is 6.04 Å². The fourth-order valence-electron chi connectivity index (χ4n) is 1.92. The summed E-state index contributed by atoms with van der Waals surface area (Å²) in [6.45, 7) is 2.27. The number of nitrogens with zero attached hydrogens (tertiary/aromatic N) is 1. The Labute approximate surface area is 93.3 Å². The minimum atomic E-state index is 0.607. The van der Waals surface area contributed by atoms with Crippen molar-refractivity contribution in [2.24, 2.45) is 5.92 Å². The van der Waals surface area contributed by atoms with Gasteiger partial charge in [-0.05, 0) is 43.9 Å². The van der Waals surface area contributed by atoms with Crippen LogP contribution in [0.15, 0.2) is 23.7 Å². The Kier molecular flexibility index (Phi) is 2.13. The van der Waals surface area contributed by atoms with Crippen LogP contribution in [-0.4, -0.2) is 11.0 Å². The van der Waals surface area contributed by atoms with E-state index in [1.165, 1.54) is 23.2 Å². The summed E-state index contributed by atoms with van der Waals surface area (Å²) in [5.41, 5.74) is 4.23. The summed E-state index contributed by atoms with van der Waals surface area (Å²) in [6.07, 6.45) is 2.77. The van der Waals surface area contributed by atoms with Gasteiger partial charge in [0.2, 0.25) is 0 Å². The number of anilines is 1. The van der Waals surface area contributed by atoms with Gasteiger partial charge in [0, 0.05) is 11.7 Å². The number of fused-ring (bicyclic) bond motifs is 1. The van der Waals surface area contributed by atoms with Gasteiger partial charge in [-0.3, -0.25) is 0 Å². The predicted molar refractivity (Wildman–Crippen MR) is 65.4 cm³/mol. The smallest absolute Gasteiger partial charge is 0.0813 e. The average molecular weight is 218 g/mol. The molecule has 2 nitrogen and oxygen atoms in total. The van der Waals surface area contributed by atoms with E-state index in [-0.39, 0.29) is 0 Å². The standard InChI is InChI=1S/C12H14N2S/c1-8(9-2-3-9)14-10-4-5-11-12(6-10)15-7-13-11/h4-9,14H,2-3H2,1H3. The first-order chi connectivity index (χ1) is 7.33. The highest BCUT2D eigenvalue weighted by atomic mass is 32.1. The highest BCUT2D eigenvalue weighted by molar-refractivity contribution is 7.16. The Morgan fingerprint density at radius 3 is 3.13 bits per heavy atom. The molecule has 1 N–H and O–H groups in total. The van der Waals surface area contributed by atoms with E-state index >= 15 is 0 Å². The number of hydrogen-bond acceptors (Lipinski definition) is 3. The summed E-state index contributed by atoms with van der Waals surface area (Å²) in [5.74, 6) is 0.891. The van der Waals surface area contributed by atoms with Gasteiger partial charge < -0.3 is 5.32 Å². The van der Waals surface area contributed by atoms with Crippen LogP contribution < -0.4 is 5.32 Å². The van der Waals surface area contributed by atoms with E-state index in [4.69, 9.17) is 0 Å². The molecule has 0 spiro atoms. The van der Waals surface area contributed by atoms with Crippen molar-refractivity contribution in [1.29, 1.82) is 0 Å². The van der Waals surface area contributed by atoms with Gasteiger partial charge in [0.25, 0.3) is 0 Å². The molecule has 0 amide bonds. The highest BCUT2D eigenvalue weighted by Crippen LogP contribution is 2.34. The van der Waals surface area contributed by atoms with Gasteiger partial charge >= 0.3 is 0 Å². The first-order valence-corrected chi connectivity index (χ1v) is 6.31. The van der Waals surface area contributed by atoms with Gasteiger partial charge in [0.15, 0.2) is 0 Å². The molecule has 1 heterocycles. The molecule has 1 atom stereocenters. The second-order valence-electron chi connectivity index (χ2n) is 4.31. The molecular formula is C12H14N2S. The molecule has 15 heavy (non-hydrogen) atoms. The molecule has 1 aromatic heterocycles. The maximum absolute atomic E-state index is 4.28. The van der Waals surface area contributed by atoms with Gasteiger partial charge in [-0.1, -0.05) is 0 Å². The molecular weight excluding hydrogens is 204 g/mol. The zero-order valence-corrected chi connectivity index (χ0v) is 9.55. The Morgan fingerprint density at radius 1 is 1.47 bits per heavy atom. The van der Waals surface area contributed by atoms with Gasteiger partial charge in [-0.25, -0.2) is 4.98 Å². The summed E-state index contributed by atoms with van der Waals surface area (Å²) in [6, 6.07) is 7.02. The second-order valence-corrected chi connectivity index (χ2v) is 5.19. The summed E-state index contributed by atoms with van der Waals surface area (Å²) in [4.78, 5) is 4.28. The minimum absolute atomic E-state index is 0.607. The van der Waals surface area contributed by atoms with E-state index < -0.39 is 0 Å². The molecule has 2 aromatic rings. The molecule has 78 valence electrons.